The highest BCUT2D eigenvalue weighted by Crippen LogP contribution is 2.24. The predicted molar refractivity (Wildman–Crippen MR) is 70.9 cm³/mol. The van der Waals surface area contributed by atoms with Gasteiger partial charge in [-0.25, -0.2) is 4.98 Å². The Morgan fingerprint density at radius 1 is 1.35 bits per heavy atom. The topological polar surface area (TPSA) is 57.9 Å². The predicted octanol–water partition coefficient (Wildman–Crippen LogP) is 1.82. The minimum absolute atomic E-state index is 0.0893. The van der Waals surface area contributed by atoms with Gasteiger partial charge in [-0.1, -0.05) is 6.07 Å². The average Bonchev–Trinajstić information content (AvgIpc) is 2.56. The number of nitrogens with one attached hydrogen (secondary N) is 1. The number of aromatic nitrogens is 2. The molecule has 92 valence electrons. The number of rotatable bonds is 3. The second-order valence-corrected chi connectivity index (χ2v) is 4.87. The van der Waals surface area contributed by atoms with Crippen molar-refractivity contribution < 1.29 is 0 Å². The molecule has 0 saturated heterocycles. The van der Waals surface area contributed by atoms with Crippen molar-refractivity contribution in [1.29, 1.82) is 0 Å². The summed E-state index contributed by atoms with van der Waals surface area (Å²) in [4.78, 5) is 9.81. The lowest BCUT2D eigenvalue weighted by molar-refractivity contribution is 0.266. The summed E-state index contributed by atoms with van der Waals surface area (Å²) in [6.07, 6.45) is 0. The Balaban J connectivity index is 2.46. The van der Waals surface area contributed by atoms with Crippen molar-refractivity contribution in [2.45, 2.75) is 25.9 Å². The minimum Gasteiger partial charge on any atom is -0.342 e. The van der Waals surface area contributed by atoms with Crippen molar-refractivity contribution in [3.8, 4) is 0 Å². The van der Waals surface area contributed by atoms with Gasteiger partial charge in [-0.3, -0.25) is 0 Å². The van der Waals surface area contributed by atoms with Crippen molar-refractivity contribution in [2.24, 2.45) is 5.73 Å². The summed E-state index contributed by atoms with van der Waals surface area (Å²) in [6, 6.07) is 6.61. The Bertz CT molecular complexity index is 505. The second kappa shape index (κ2) is 4.47. The lowest BCUT2D eigenvalue weighted by atomic mass is 9.99. The molecule has 0 aliphatic carbocycles. The summed E-state index contributed by atoms with van der Waals surface area (Å²) >= 11 is 0. The lowest BCUT2D eigenvalue weighted by Gasteiger charge is -2.28. The number of nitrogens with zero attached hydrogens (tertiary/aromatic N) is 2. The first-order valence-corrected chi connectivity index (χ1v) is 5.87. The Kier molecular flexibility index (Phi) is 3.17. The highest BCUT2D eigenvalue weighted by molar-refractivity contribution is 5.76. The summed E-state index contributed by atoms with van der Waals surface area (Å²) in [5, 5.41) is 0. The fourth-order valence-corrected chi connectivity index (χ4v) is 2.41. The van der Waals surface area contributed by atoms with E-state index in [2.05, 4.69) is 41.1 Å². The fraction of sp³-hybridized carbons (Fsp3) is 0.462. The third-order valence-corrected chi connectivity index (χ3v) is 3.02. The molecule has 0 radical (unpaired) electrons. The van der Waals surface area contributed by atoms with Gasteiger partial charge in [0.05, 0.1) is 11.0 Å². The molecular formula is C13H20N4. The summed E-state index contributed by atoms with van der Waals surface area (Å²) in [5.41, 5.74) is 9.36. The van der Waals surface area contributed by atoms with Crippen LogP contribution in [-0.4, -0.2) is 35.0 Å². The van der Waals surface area contributed by atoms with Crippen molar-refractivity contribution in [2.75, 3.05) is 14.1 Å². The van der Waals surface area contributed by atoms with Gasteiger partial charge in [0.15, 0.2) is 0 Å². The lowest BCUT2D eigenvalue weighted by Crippen LogP contribution is -2.35. The van der Waals surface area contributed by atoms with E-state index in [0.717, 1.165) is 16.9 Å². The van der Waals surface area contributed by atoms with Gasteiger partial charge in [-0.15, -0.1) is 0 Å². The minimum atomic E-state index is 0.0893. The van der Waals surface area contributed by atoms with Gasteiger partial charge >= 0.3 is 0 Å². The number of benzene rings is 1. The van der Waals surface area contributed by atoms with Gasteiger partial charge in [0.25, 0.3) is 0 Å². The van der Waals surface area contributed by atoms with Crippen molar-refractivity contribution >= 4 is 11.0 Å². The van der Waals surface area contributed by atoms with Crippen LogP contribution in [0.2, 0.25) is 0 Å². The van der Waals surface area contributed by atoms with E-state index in [-0.39, 0.29) is 12.1 Å². The Morgan fingerprint density at radius 2 is 2.06 bits per heavy atom. The zero-order valence-corrected chi connectivity index (χ0v) is 10.9. The third kappa shape index (κ3) is 2.33. The number of nitrogens with two attached hydrogens (primary N) is 1. The molecule has 0 spiro atoms. The SMILES string of the molecule is Cc1nc2ccc(C(C(C)N)N(C)C)cc2[nH]1. The van der Waals surface area contributed by atoms with Crippen molar-refractivity contribution in [1.82, 2.24) is 14.9 Å². The second-order valence-electron chi connectivity index (χ2n) is 4.87. The highest BCUT2D eigenvalue weighted by atomic mass is 15.1. The van der Waals surface area contributed by atoms with Crippen molar-refractivity contribution in [3.63, 3.8) is 0 Å². The number of aryl methyl sites for hydroxylation is 1. The number of hydrogen-bond acceptors (Lipinski definition) is 3. The number of fused-ring (bicyclic) bond motifs is 1. The van der Waals surface area contributed by atoms with Gasteiger partial charge in [0.1, 0.15) is 5.82 Å². The molecule has 0 amide bonds. The molecule has 2 rings (SSSR count). The maximum Gasteiger partial charge on any atom is 0.104 e. The molecule has 3 N–H and O–H groups in total. The van der Waals surface area contributed by atoms with E-state index in [4.69, 9.17) is 5.73 Å². The van der Waals surface area contributed by atoms with Crippen LogP contribution in [0.5, 0.6) is 0 Å². The van der Waals surface area contributed by atoms with Gasteiger partial charge in [-0.05, 0) is 45.6 Å². The third-order valence-electron chi connectivity index (χ3n) is 3.02. The van der Waals surface area contributed by atoms with Gasteiger partial charge < -0.3 is 15.6 Å². The van der Waals surface area contributed by atoms with Gasteiger partial charge in [0, 0.05) is 12.1 Å². The number of aromatic amines is 1. The van der Waals surface area contributed by atoms with E-state index in [0.29, 0.717) is 0 Å². The molecule has 4 nitrogen and oxygen atoms in total. The Morgan fingerprint density at radius 3 is 2.65 bits per heavy atom. The van der Waals surface area contributed by atoms with E-state index in [1.54, 1.807) is 0 Å². The average molecular weight is 232 g/mol. The number of likely N-dealkylation sites (N-methyl/N-ethyl adjacent to an activating group) is 1. The first-order valence-electron chi connectivity index (χ1n) is 5.87. The monoisotopic (exact) mass is 232 g/mol. The van der Waals surface area contributed by atoms with Crippen LogP contribution in [0.1, 0.15) is 24.4 Å². The van der Waals surface area contributed by atoms with Crippen LogP contribution in [0.3, 0.4) is 0 Å². The summed E-state index contributed by atoms with van der Waals surface area (Å²) in [5.74, 6) is 0.944. The zero-order valence-electron chi connectivity index (χ0n) is 10.9. The highest BCUT2D eigenvalue weighted by Gasteiger charge is 2.19. The Labute approximate surface area is 102 Å². The summed E-state index contributed by atoms with van der Waals surface area (Å²) in [7, 11) is 4.10. The van der Waals surface area contributed by atoms with E-state index < -0.39 is 0 Å². The van der Waals surface area contributed by atoms with E-state index >= 15 is 0 Å². The molecule has 0 aliphatic heterocycles. The van der Waals surface area contributed by atoms with Crippen LogP contribution in [0.15, 0.2) is 18.2 Å². The van der Waals surface area contributed by atoms with Crippen LogP contribution < -0.4 is 5.73 Å². The summed E-state index contributed by atoms with van der Waals surface area (Å²) < 4.78 is 0. The normalized spacial score (nSPS) is 15.4. The fourth-order valence-electron chi connectivity index (χ4n) is 2.41. The molecule has 4 heteroatoms. The van der Waals surface area contributed by atoms with E-state index in [9.17, 15) is 0 Å². The van der Waals surface area contributed by atoms with Crippen LogP contribution >= 0.6 is 0 Å². The molecule has 0 aliphatic rings. The van der Waals surface area contributed by atoms with E-state index in [1.165, 1.54) is 5.56 Å². The maximum atomic E-state index is 6.05. The smallest absolute Gasteiger partial charge is 0.104 e. The van der Waals surface area contributed by atoms with Gasteiger partial charge in [-0.2, -0.15) is 0 Å². The number of hydrogen-bond donors (Lipinski definition) is 2. The number of imidazole rings is 1. The van der Waals surface area contributed by atoms with Crippen LogP contribution in [-0.2, 0) is 0 Å². The summed E-state index contributed by atoms with van der Waals surface area (Å²) in [6.45, 7) is 4.00. The van der Waals surface area contributed by atoms with Gasteiger partial charge in [0.2, 0.25) is 0 Å². The molecule has 1 aromatic heterocycles. The molecule has 0 saturated carbocycles. The zero-order chi connectivity index (χ0) is 12.6. The Hall–Kier alpha value is -1.39. The maximum absolute atomic E-state index is 6.05. The molecule has 0 bridgehead atoms. The molecule has 2 atom stereocenters. The van der Waals surface area contributed by atoms with Crippen LogP contribution in [0.4, 0.5) is 0 Å². The van der Waals surface area contributed by atoms with Crippen LogP contribution in [0, 0.1) is 6.92 Å². The van der Waals surface area contributed by atoms with Crippen LogP contribution in [0.25, 0.3) is 11.0 Å². The van der Waals surface area contributed by atoms with Crippen molar-refractivity contribution in [3.05, 3.63) is 29.6 Å². The first-order chi connectivity index (χ1) is 7.99. The first kappa shape index (κ1) is 12.1. The molecule has 2 aromatic rings. The number of H-pyrrole nitrogens is 1. The molecule has 1 heterocycles. The standard InChI is InChI=1S/C13H20N4/c1-8(14)13(17(3)4)10-5-6-11-12(7-10)16-9(2)15-11/h5-8,13H,14H2,1-4H3,(H,15,16). The largest absolute Gasteiger partial charge is 0.342 e. The molecule has 0 fully saturated rings. The van der Waals surface area contributed by atoms with E-state index in [1.807, 2.05) is 19.9 Å². The molecule has 2 unspecified atom stereocenters. The quantitative estimate of drug-likeness (QED) is 0.848. The molecule has 17 heavy (non-hydrogen) atoms. The molecular weight excluding hydrogens is 212 g/mol. The molecule has 1 aromatic carbocycles.